The number of nitrogens with one attached hydrogen (secondary N) is 1. The first-order valence-electron chi connectivity index (χ1n) is 12.6. The molecule has 0 unspecified atom stereocenters. The van der Waals surface area contributed by atoms with Gasteiger partial charge in [-0.1, -0.05) is 0 Å². The number of rotatable bonds is 4. The molecule has 5 aliphatic rings. The van der Waals surface area contributed by atoms with Gasteiger partial charge in [0.25, 0.3) is 0 Å². The fraction of sp³-hybridized carbons (Fsp3) is 0.708. The molecule has 7 rings (SSSR count). The van der Waals surface area contributed by atoms with Gasteiger partial charge >= 0.3 is 12.2 Å². The number of likely N-dealkylation sites (tertiary alicyclic amines) is 2. The Labute approximate surface area is 205 Å². The van der Waals surface area contributed by atoms with Crippen molar-refractivity contribution in [3.63, 3.8) is 0 Å². The van der Waals surface area contributed by atoms with Gasteiger partial charge in [0.2, 0.25) is 0 Å². The molecule has 36 heavy (non-hydrogen) atoms. The molecule has 5 fully saturated rings. The van der Waals surface area contributed by atoms with Crippen molar-refractivity contribution in [3.05, 3.63) is 35.4 Å². The quantitative estimate of drug-likeness (QED) is 0.664. The largest absolute Gasteiger partial charge is 0.434 e. The summed E-state index contributed by atoms with van der Waals surface area (Å²) in [6.45, 7) is 3.09. The zero-order valence-electron chi connectivity index (χ0n) is 19.8. The number of aromatic nitrogens is 5. The van der Waals surface area contributed by atoms with Gasteiger partial charge in [0.05, 0.1) is 11.9 Å². The van der Waals surface area contributed by atoms with Crippen molar-refractivity contribution in [2.24, 2.45) is 16.7 Å². The van der Waals surface area contributed by atoms with E-state index in [4.69, 9.17) is 0 Å². The number of alkyl halides is 3. The summed E-state index contributed by atoms with van der Waals surface area (Å²) >= 11 is 0. The summed E-state index contributed by atoms with van der Waals surface area (Å²) < 4.78 is 37.9. The molecule has 192 valence electrons. The van der Waals surface area contributed by atoms with Crippen molar-refractivity contribution in [1.29, 1.82) is 0 Å². The minimum Gasteiger partial charge on any atom is -0.382 e. The van der Waals surface area contributed by atoms with Crippen LogP contribution in [0.15, 0.2) is 12.4 Å². The SMILES string of the molecule is O=C(N1CC2(CC(Cc3cnc(C(F)(F)F)cn3)C2)C1)N1CC2(CC(c3nc(C4(O)CC4)n[nH]3)C2)C1. The number of aromatic amines is 1. The molecule has 4 heterocycles. The Hall–Kier alpha value is -2.76. The van der Waals surface area contributed by atoms with Crippen LogP contribution in [0.2, 0.25) is 0 Å². The van der Waals surface area contributed by atoms with Crippen molar-refractivity contribution in [2.75, 3.05) is 26.2 Å². The molecule has 0 aromatic carbocycles. The number of carbonyl (C=O) groups is 1. The molecule has 3 aliphatic carbocycles. The Bertz CT molecular complexity index is 1180. The van der Waals surface area contributed by atoms with Gasteiger partial charge in [-0.3, -0.25) is 10.1 Å². The number of nitrogens with zero attached hydrogens (tertiary/aromatic N) is 6. The van der Waals surface area contributed by atoms with E-state index in [1.165, 1.54) is 6.20 Å². The number of carbonyl (C=O) groups excluding carboxylic acids is 1. The van der Waals surface area contributed by atoms with Crippen LogP contribution in [-0.2, 0) is 18.2 Å². The summed E-state index contributed by atoms with van der Waals surface area (Å²) in [4.78, 5) is 28.7. The molecule has 2 N–H and O–H groups in total. The fourth-order valence-electron chi connectivity index (χ4n) is 6.91. The summed E-state index contributed by atoms with van der Waals surface area (Å²) in [7, 11) is 0. The van der Waals surface area contributed by atoms with E-state index in [1.807, 2.05) is 9.80 Å². The predicted molar refractivity (Wildman–Crippen MR) is 118 cm³/mol. The van der Waals surface area contributed by atoms with Crippen molar-refractivity contribution in [2.45, 2.75) is 62.6 Å². The second-order valence-electron chi connectivity index (χ2n) is 12.0. The first-order valence-corrected chi connectivity index (χ1v) is 12.6. The van der Waals surface area contributed by atoms with Crippen LogP contribution in [0.1, 0.15) is 67.5 Å². The number of H-pyrrole nitrogens is 1. The summed E-state index contributed by atoms with van der Waals surface area (Å²) in [5.74, 6) is 2.07. The third-order valence-electron chi connectivity index (χ3n) is 8.97. The molecule has 9 nitrogen and oxygen atoms in total. The highest BCUT2D eigenvalue weighted by Gasteiger charge is 2.59. The molecule has 12 heteroatoms. The molecular formula is C24H28F3N7O2. The van der Waals surface area contributed by atoms with Gasteiger partial charge in [-0.15, -0.1) is 0 Å². The average Bonchev–Trinajstić information content (AvgIpc) is 3.27. The van der Waals surface area contributed by atoms with Gasteiger partial charge in [0.15, 0.2) is 11.5 Å². The molecule has 0 bridgehead atoms. The Morgan fingerprint density at radius 1 is 1.03 bits per heavy atom. The van der Waals surface area contributed by atoms with Crippen LogP contribution in [-0.4, -0.2) is 72.3 Å². The van der Waals surface area contributed by atoms with Crippen LogP contribution < -0.4 is 0 Å². The van der Waals surface area contributed by atoms with Gasteiger partial charge in [0.1, 0.15) is 11.4 Å². The van der Waals surface area contributed by atoms with E-state index in [9.17, 15) is 23.1 Å². The molecule has 2 amide bonds. The fourth-order valence-corrected chi connectivity index (χ4v) is 6.91. The number of hydrogen-bond acceptors (Lipinski definition) is 6. The van der Waals surface area contributed by atoms with Gasteiger partial charge in [-0.05, 0) is 50.9 Å². The number of amides is 2. The van der Waals surface area contributed by atoms with Crippen molar-refractivity contribution in [3.8, 4) is 0 Å². The highest BCUT2D eigenvalue weighted by Crippen LogP contribution is 2.57. The predicted octanol–water partition coefficient (Wildman–Crippen LogP) is 2.85. The highest BCUT2D eigenvalue weighted by atomic mass is 19.4. The highest BCUT2D eigenvalue weighted by molar-refractivity contribution is 5.77. The van der Waals surface area contributed by atoms with E-state index in [1.54, 1.807) is 0 Å². The van der Waals surface area contributed by atoms with Crippen molar-refractivity contribution < 1.29 is 23.1 Å². The molecule has 2 spiro atoms. The van der Waals surface area contributed by atoms with E-state index in [-0.39, 0.29) is 16.9 Å². The maximum atomic E-state index is 12.9. The van der Waals surface area contributed by atoms with Gasteiger partial charge in [-0.2, -0.15) is 18.3 Å². The lowest BCUT2D eigenvalue weighted by atomic mass is 9.56. The Morgan fingerprint density at radius 2 is 1.67 bits per heavy atom. The van der Waals surface area contributed by atoms with Crippen LogP contribution in [0.25, 0.3) is 0 Å². The summed E-state index contributed by atoms with van der Waals surface area (Å²) in [6, 6.07) is 0.115. The van der Waals surface area contributed by atoms with E-state index in [0.29, 0.717) is 29.8 Å². The Kier molecular flexibility index (Phi) is 4.47. The van der Waals surface area contributed by atoms with Gasteiger partial charge in [-0.25, -0.2) is 14.8 Å². The van der Waals surface area contributed by atoms with E-state index >= 15 is 0 Å². The normalized spacial score (nSPS) is 25.8. The molecule has 2 saturated heterocycles. The molecule has 0 radical (unpaired) electrons. The van der Waals surface area contributed by atoms with Crippen LogP contribution in [0.3, 0.4) is 0 Å². The van der Waals surface area contributed by atoms with Crippen LogP contribution in [0.4, 0.5) is 18.0 Å². The smallest absolute Gasteiger partial charge is 0.382 e. The van der Waals surface area contributed by atoms with Crippen LogP contribution in [0.5, 0.6) is 0 Å². The molecule has 2 aromatic rings. The second kappa shape index (κ2) is 7.17. The summed E-state index contributed by atoms with van der Waals surface area (Å²) in [5, 5.41) is 17.4. The number of aliphatic hydroxyl groups is 1. The van der Waals surface area contributed by atoms with E-state index in [2.05, 4.69) is 25.1 Å². The summed E-state index contributed by atoms with van der Waals surface area (Å²) in [6.07, 6.45) is 3.56. The third-order valence-corrected chi connectivity index (χ3v) is 8.97. The monoisotopic (exact) mass is 503 g/mol. The van der Waals surface area contributed by atoms with E-state index < -0.39 is 17.5 Å². The second-order valence-corrected chi connectivity index (χ2v) is 12.0. The lowest BCUT2D eigenvalue weighted by Crippen LogP contribution is -2.71. The number of halogens is 3. The molecule has 0 atom stereocenters. The minimum atomic E-state index is -4.47. The lowest BCUT2D eigenvalue weighted by molar-refractivity contribution is -0.141. The van der Waals surface area contributed by atoms with Gasteiger partial charge in [0, 0.05) is 49.1 Å². The molecule has 2 aromatic heterocycles. The van der Waals surface area contributed by atoms with Crippen LogP contribution in [0, 0.1) is 16.7 Å². The first kappa shape index (κ1) is 22.4. The van der Waals surface area contributed by atoms with Crippen molar-refractivity contribution in [1.82, 2.24) is 34.9 Å². The molecule has 3 saturated carbocycles. The maximum Gasteiger partial charge on any atom is 0.434 e. The molecular weight excluding hydrogens is 475 g/mol. The lowest BCUT2D eigenvalue weighted by Gasteiger charge is -2.63. The zero-order valence-corrected chi connectivity index (χ0v) is 19.8. The standard InChI is InChI=1S/C24H28F3N7O2/c25-24(26,27)17-9-28-16(8-29-17)3-14-4-21(5-14)10-33(11-21)20(35)34-12-22(13-34)6-15(7-22)18-30-19(32-31-18)23(36)1-2-23/h8-9,14-15,36H,1-7,10-13H2,(H,30,31,32). The number of hydrogen-bond donors (Lipinski definition) is 2. The summed E-state index contributed by atoms with van der Waals surface area (Å²) in [5.41, 5.74) is -0.836. The third kappa shape index (κ3) is 3.59. The van der Waals surface area contributed by atoms with E-state index in [0.717, 1.165) is 76.7 Å². The Morgan fingerprint density at radius 3 is 2.22 bits per heavy atom. The van der Waals surface area contributed by atoms with Crippen LogP contribution >= 0.6 is 0 Å². The average molecular weight is 504 g/mol. The topological polar surface area (TPSA) is 111 Å². The minimum absolute atomic E-state index is 0.115. The van der Waals surface area contributed by atoms with Crippen molar-refractivity contribution >= 4 is 6.03 Å². The Balaban J connectivity index is 0.840. The molecule has 2 aliphatic heterocycles. The van der Waals surface area contributed by atoms with Gasteiger partial charge < -0.3 is 14.9 Å². The first-order chi connectivity index (χ1) is 17.0. The number of urea groups is 1. The maximum absolute atomic E-state index is 12.9. The zero-order chi connectivity index (χ0) is 24.9.